The maximum atomic E-state index is 10.8. The van der Waals surface area contributed by atoms with E-state index in [1.165, 1.54) is 24.3 Å². The molecule has 0 amide bonds. The lowest BCUT2D eigenvalue weighted by molar-refractivity contribution is -0.205. The Hall–Kier alpha value is 0.230. The number of hydrogen-bond acceptors (Lipinski definition) is 4. The van der Waals surface area contributed by atoms with E-state index in [9.17, 15) is 5.11 Å². The molecular formula is C15H26O3S. The minimum atomic E-state index is -0.471. The number of rotatable bonds is 3. The third-order valence-corrected chi connectivity index (χ3v) is 6.21. The van der Waals surface area contributed by atoms with Crippen LogP contribution < -0.4 is 0 Å². The van der Waals surface area contributed by atoms with Crippen molar-refractivity contribution >= 4 is 11.8 Å². The lowest BCUT2D eigenvalue weighted by atomic mass is 9.63. The fraction of sp³-hybridized carbons (Fsp3) is 1.00. The third kappa shape index (κ3) is 2.82. The fourth-order valence-electron chi connectivity index (χ4n) is 3.99. The summed E-state index contributed by atoms with van der Waals surface area (Å²) in [5.74, 6) is 2.85. The molecule has 2 heterocycles. The molecule has 0 bridgehead atoms. The molecule has 4 heteroatoms. The molecule has 1 N–H and O–H groups in total. The summed E-state index contributed by atoms with van der Waals surface area (Å²) in [4.78, 5) is 0. The number of hydrogen-bond donors (Lipinski definition) is 1. The highest BCUT2D eigenvalue weighted by Crippen LogP contribution is 2.49. The molecular weight excluding hydrogens is 260 g/mol. The zero-order valence-corrected chi connectivity index (χ0v) is 12.7. The molecule has 1 aliphatic carbocycles. The van der Waals surface area contributed by atoms with Gasteiger partial charge in [0.05, 0.1) is 17.3 Å². The van der Waals surface area contributed by atoms with E-state index in [1.54, 1.807) is 0 Å². The summed E-state index contributed by atoms with van der Waals surface area (Å²) in [7, 11) is 0. The highest BCUT2D eigenvalue weighted by atomic mass is 32.2. The van der Waals surface area contributed by atoms with Gasteiger partial charge in [-0.3, -0.25) is 0 Å². The van der Waals surface area contributed by atoms with Crippen molar-refractivity contribution in [1.82, 2.24) is 0 Å². The molecule has 2 aliphatic heterocycles. The predicted molar refractivity (Wildman–Crippen MR) is 77.6 cm³/mol. The quantitative estimate of drug-likeness (QED) is 0.865. The van der Waals surface area contributed by atoms with Gasteiger partial charge < -0.3 is 14.6 Å². The van der Waals surface area contributed by atoms with Crippen LogP contribution >= 0.6 is 11.8 Å². The van der Waals surface area contributed by atoms with Crippen molar-refractivity contribution in [2.75, 3.05) is 24.7 Å². The van der Waals surface area contributed by atoms with E-state index >= 15 is 0 Å². The molecule has 3 nitrogen and oxygen atoms in total. The summed E-state index contributed by atoms with van der Waals surface area (Å²) >= 11 is 2.04. The van der Waals surface area contributed by atoms with Gasteiger partial charge in [-0.05, 0) is 50.0 Å². The van der Waals surface area contributed by atoms with Crippen LogP contribution in [0.3, 0.4) is 0 Å². The minimum Gasteiger partial charge on any atom is -0.389 e. The van der Waals surface area contributed by atoms with Gasteiger partial charge in [0, 0.05) is 26.1 Å². The molecule has 2 saturated heterocycles. The Morgan fingerprint density at radius 1 is 1.26 bits per heavy atom. The van der Waals surface area contributed by atoms with Crippen LogP contribution in [0.4, 0.5) is 0 Å². The van der Waals surface area contributed by atoms with Gasteiger partial charge >= 0.3 is 0 Å². The van der Waals surface area contributed by atoms with Gasteiger partial charge in [-0.2, -0.15) is 11.8 Å². The van der Waals surface area contributed by atoms with E-state index in [0.29, 0.717) is 5.92 Å². The summed E-state index contributed by atoms with van der Waals surface area (Å²) in [6.07, 6.45) is 6.36. The largest absolute Gasteiger partial charge is 0.389 e. The average molecular weight is 286 g/mol. The smallest absolute Gasteiger partial charge is 0.0727 e. The molecule has 1 unspecified atom stereocenters. The van der Waals surface area contributed by atoms with Crippen molar-refractivity contribution in [2.45, 2.75) is 62.8 Å². The number of aliphatic hydroxyl groups is 1. The monoisotopic (exact) mass is 286 g/mol. The predicted octanol–water partition coefficient (Wildman–Crippen LogP) is 2.61. The molecule has 19 heavy (non-hydrogen) atoms. The maximum Gasteiger partial charge on any atom is 0.0727 e. The van der Waals surface area contributed by atoms with Crippen LogP contribution in [-0.4, -0.2) is 47.1 Å². The van der Waals surface area contributed by atoms with Gasteiger partial charge in [-0.1, -0.05) is 0 Å². The Bertz CT molecular complexity index is 303. The molecule has 3 rings (SSSR count). The van der Waals surface area contributed by atoms with Crippen LogP contribution in [0.25, 0.3) is 0 Å². The second-order valence-electron chi connectivity index (χ2n) is 6.42. The zero-order chi connectivity index (χ0) is 13.3. The molecule has 110 valence electrons. The summed E-state index contributed by atoms with van der Waals surface area (Å²) in [5.41, 5.74) is -0.387. The molecule has 3 fully saturated rings. The SMILES string of the molecule is CCOC1CC(O)(C2CCOC3(CCSCC3)C2)C1. The Balaban J connectivity index is 1.59. The highest BCUT2D eigenvalue weighted by molar-refractivity contribution is 7.99. The van der Waals surface area contributed by atoms with E-state index in [-0.39, 0.29) is 11.7 Å². The van der Waals surface area contributed by atoms with Crippen LogP contribution in [0.1, 0.15) is 45.4 Å². The van der Waals surface area contributed by atoms with Gasteiger partial charge in [0.1, 0.15) is 0 Å². The minimum absolute atomic E-state index is 0.0839. The first kappa shape index (κ1) is 14.2. The van der Waals surface area contributed by atoms with Gasteiger partial charge in [0.25, 0.3) is 0 Å². The highest BCUT2D eigenvalue weighted by Gasteiger charge is 2.52. The summed E-state index contributed by atoms with van der Waals surface area (Å²) < 4.78 is 11.7. The van der Waals surface area contributed by atoms with Crippen LogP contribution in [0.15, 0.2) is 0 Å². The van der Waals surface area contributed by atoms with E-state index in [2.05, 4.69) is 0 Å². The van der Waals surface area contributed by atoms with E-state index in [0.717, 1.165) is 38.9 Å². The first-order valence-electron chi connectivity index (χ1n) is 7.71. The van der Waals surface area contributed by atoms with Gasteiger partial charge in [0.15, 0.2) is 0 Å². The molecule has 3 aliphatic rings. The summed E-state index contributed by atoms with van der Waals surface area (Å²) in [6, 6.07) is 0. The first-order chi connectivity index (χ1) is 9.16. The van der Waals surface area contributed by atoms with Crippen molar-refractivity contribution < 1.29 is 14.6 Å². The third-order valence-electron chi connectivity index (χ3n) is 5.22. The molecule has 0 radical (unpaired) electrons. The number of ether oxygens (including phenoxy) is 2. The van der Waals surface area contributed by atoms with Gasteiger partial charge in [-0.15, -0.1) is 0 Å². The van der Waals surface area contributed by atoms with Crippen molar-refractivity contribution in [1.29, 1.82) is 0 Å². The van der Waals surface area contributed by atoms with E-state index in [4.69, 9.17) is 9.47 Å². The summed E-state index contributed by atoms with van der Waals surface area (Å²) in [6.45, 7) is 3.62. The molecule has 1 atom stereocenters. The topological polar surface area (TPSA) is 38.7 Å². The van der Waals surface area contributed by atoms with Crippen molar-refractivity contribution in [3.05, 3.63) is 0 Å². The van der Waals surface area contributed by atoms with Crippen molar-refractivity contribution in [3.8, 4) is 0 Å². The second kappa shape index (κ2) is 5.55. The fourth-order valence-corrected chi connectivity index (χ4v) is 5.23. The van der Waals surface area contributed by atoms with Crippen molar-refractivity contribution in [3.63, 3.8) is 0 Å². The molecule has 0 aromatic rings. The molecule has 1 saturated carbocycles. The maximum absolute atomic E-state index is 10.8. The first-order valence-corrected chi connectivity index (χ1v) is 8.87. The molecule has 0 aromatic heterocycles. The lowest BCUT2D eigenvalue weighted by Gasteiger charge is -2.53. The van der Waals surface area contributed by atoms with Crippen LogP contribution in [-0.2, 0) is 9.47 Å². The Morgan fingerprint density at radius 2 is 2.00 bits per heavy atom. The lowest BCUT2D eigenvalue weighted by Crippen LogP contribution is -2.57. The normalized spacial score (nSPS) is 42.0. The van der Waals surface area contributed by atoms with Crippen LogP contribution in [0.5, 0.6) is 0 Å². The zero-order valence-electron chi connectivity index (χ0n) is 11.9. The van der Waals surface area contributed by atoms with Gasteiger partial charge in [0.2, 0.25) is 0 Å². The van der Waals surface area contributed by atoms with Gasteiger partial charge in [-0.25, -0.2) is 0 Å². The van der Waals surface area contributed by atoms with Crippen molar-refractivity contribution in [2.24, 2.45) is 5.92 Å². The molecule has 1 spiro atoms. The Morgan fingerprint density at radius 3 is 2.68 bits per heavy atom. The standard InChI is InChI=1S/C15H26O3S/c1-2-17-13-10-15(16,11-13)12-3-6-18-14(9-12)4-7-19-8-5-14/h12-13,16H,2-11H2,1H3. The second-order valence-corrected chi connectivity index (χ2v) is 7.65. The molecule has 0 aromatic carbocycles. The Kier molecular flexibility index (Phi) is 4.14. The summed E-state index contributed by atoms with van der Waals surface area (Å²) in [5, 5.41) is 10.8. The van der Waals surface area contributed by atoms with E-state index < -0.39 is 5.60 Å². The average Bonchev–Trinajstić information content (AvgIpc) is 2.38. The van der Waals surface area contributed by atoms with E-state index in [1.807, 2.05) is 18.7 Å². The Labute approximate surface area is 120 Å². The number of thioether (sulfide) groups is 1. The van der Waals surface area contributed by atoms with Crippen LogP contribution in [0.2, 0.25) is 0 Å². The van der Waals surface area contributed by atoms with Crippen LogP contribution in [0, 0.1) is 5.92 Å².